The van der Waals surface area contributed by atoms with E-state index in [4.69, 9.17) is 0 Å². The van der Waals surface area contributed by atoms with Crippen LogP contribution in [-0.4, -0.2) is 5.78 Å². The molecule has 0 bridgehead atoms. The van der Waals surface area contributed by atoms with Crippen molar-refractivity contribution in [2.75, 3.05) is 0 Å². The van der Waals surface area contributed by atoms with Crippen LogP contribution in [0.4, 0.5) is 0 Å². The lowest BCUT2D eigenvalue weighted by molar-refractivity contribution is -0.117. The van der Waals surface area contributed by atoms with E-state index < -0.39 is 0 Å². The first kappa shape index (κ1) is 25.6. The zero-order chi connectivity index (χ0) is 16.9. The minimum Gasteiger partial charge on any atom is -0.300 e. The van der Waals surface area contributed by atoms with Gasteiger partial charge in [-0.15, -0.1) is 0 Å². The molecule has 0 aliphatic heterocycles. The average Bonchev–Trinajstić information content (AvgIpc) is 2.48. The Morgan fingerprint density at radius 3 is 1.43 bits per heavy atom. The van der Waals surface area contributed by atoms with Gasteiger partial charge in [0.1, 0.15) is 5.78 Å². The number of carbonyl (C=O) groups excluding carboxylic acids is 1. The van der Waals surface area contributed by atoms with E-state index in [-0.39, 0.29) is 0 Å². The fourth-order valence-electron chi connectivity index (χ4n) is 2.33. The van der Waals surface area contributed by atoms with E-state index in [1.165, 1.54) is 57.8 Å². The predicted octanol–water partition coefficient (Wildman–Crippen LogP) is 7.57. The van der Waals surface area contributed by atoms with Crippen LogP contribution in [0.5, 0.6) is 0 Å². The average molecular weight is 301 g/mol. The van der Waals surface area contributed by atoms with E-state index in [0.717, 1.165) is 18.8 Å². The smallest absolute Gasteiger partial charge is 0.129 e. The van der Waals surface area contributed by atoms with E-state index in [2.05, 4.69) is 27.7 Å². The molecule has 0 aromatic rings. The minimum atomic E-state index is 0.340. The quantitative estimate of drug-likeness (QED) is 0.359. The third-order valence-electron chi connectivity index (χ3n) is 3.51. The maximum Gasteiger partial charge on any atom is 0.129 e. The summed E-state index contributed by atoms with van der Waals surface area (Å²) in [4.78, 5) is 10.8. The van der Waals surface area contributed by atoms with Crippen molar-refractivity contribution in [2.45, 2.75) is 119 Å². The summed E-state index contributed by atoms with van der Waals surface area (Å²) < 4.78 is 0. The summed E-state index contributed by atoms with van der Waals surface area (Å²) >= 11 is 0. The van der Waals surface area contributed by atoms with Crippen LogP contribution < -0.4 is 0 Å². The van der Waals surface area contributed by atoms with Crippen LogP contribution in [0.25, 0.3) is 0 Å². The van der Waals surface area contributed by atoms with Crippen molar-refractivity contribution in [3.63, 3.8) is 0 Å². The normalized spacial score (nSPS) is 9.52. The molecule has 0 aromatic heterocycles. The van der Waals surface area contributed by atoms with Gasteiger partial charge in [-0.05, 0) is 19.3 Å². The second-order valence-corrected chi connectivity index (χ2v) is 5.74. The highest BCUT2D eigenvalue weighted by atomic mass is 16.1. The molecule has 0 aromatic carbocycles. The molecule has 1 heteroatoms. The Bertz CT molecular complexity index is 165. The van der Waals surface area contributed by atoms with Gasteiger partial charge in [0.2, 0.25) is 0 Å². The van der Waals surface area contributed by atoms with Gasteiger partial charge in [0.15, 0.2) is 0 Å². The summed E-state index contributed by atoms with van der Waals surface area (Å²) in [6, 6.07) is 0. The highest BCUT2D eigenvalue weighted by Gasteiger charge is 2.07. The first-order valence-electron chi connectivity index (χ1n) is 9.61. The zero-order valence-electron chi connectivity index (χ0n) is 16.3. The summed E-state index contributed by atoms with van der Waals surface area (Å²) in [7, 11) is 0. The molecule has 130 valence electrons. The van der Waals surface area contributed by atoms with Gasteiger partial charge in [0, 0.05) is 6.42 Å². The molecule has 0 aliphatic carbocycles. The third kappa shape index (κ3) is 28.5. The molecule has 0 rings (SSSR count). The number of Topliss-reactive ketones (excluding diaryl/α,β-unsaturated/α-hetero) is 1. The van der Waals surface area contributed by atoms with Gasteiger partial charge in [-0.3, -0.25) is 0 Å². The number of carbonyl (C=O) groups is 1. The fraction of sp³-hybridized carbons (Fsp3) is 0.950. The summed E-state index contributed by atoms with van der Waals surface area (Å²) in [6.07, 6.45) is 14.0. The first-order chi connectivity index (χ1) is 10.1. The van der Waals surface area contributed by atoms with Crippen LogP contribution in [0.2, 0.25) is 0 Å². The van der Waals surface area contributed by atoms with Crippen LogP contribution in [0.15, 0.2) is 0 Å². The van der Waals surface area contributed by atoms with Crippen molar-refractivity contribution in [1.82, 2.24) is 0 Å². The topological polar surface area (TPSA) is 17.1 Å². The largest absolute Gasteiger partial charge is 0.300 e. The van der Waals surface area contributed by atoms with Gasteiger partial charge in [-0.25, -0.2) is 0 Å². The second-order valence-electron chi connectivity index (χ2n) is 5.74. The lowest BCUT2D eigenvalue weighted by atomic mass is 9.93. The number of hydrogen-bond donors (Lipinski definition) is 0. The number of ketones is 1. The molecule has 0 saturated carbocycles. The van der Waals surface area contributed by atoms with E-state index in [1.54, 1.807) is 6.92 Å². The van der Waals surface area contributed by atoms with Gasteiger partial charge >= 0.3 is 0 Å². The molecule has 0 N–H and O–H groups in total. The number of rotatable bonds is 11. The van der Waals surface area contributed by atoms with E-state index >= 15 is 0 Å². The lowest BCUT2D eigenvalue weighted by Gasteiger charge is -2.13. The van der Waals surface area contributed by atoms with Gasteiger partial charge in [-0.1, -0.05) is 99.3 Å². The molecular formula is C20H44O. The molecule has 0 aliphatic rings. The Morgan fingerprint density at radius 2 is 1.14 bits per heavy atom. The van der Waals surface area contributed by atoms with Gasteiger partial charge < -0.3 is 4.79 Å². The molecule has 0 amide bonds. The standard InChI is InChI=1S/C11H22O.C7H16.C2H6/c1-4-6-11(7-5-2)9-8-10(3)12;1-3-5-7-6-4-2;1-2/h11H,4-9H2,1-3H3;3-7H2,1-2H3;1-2H3. The summed E-state index contributed by atoms with van der Waals surface area (Å²) in [5.41, 5.74) is 0. The molecule has 0 unspecified atom stereocenters. The van der Waals surface area contributed by atoms with E-state index in [0.29, 0.717) is 5.78 Å². The van der Waals surface area contributed by atoms with Crippen LogP contribution in [0.3, 0.4) is 0 Å². The Hall–Kier alpha value is -0.330. The molecule has 1 nitrogen and oxygen atoms in total. The van der Waals surface area contributed by atoms with Crippen molar-refractivity contribution in [1.29, 1.82) is 0 Å². The first-order valence-corrected chi connectivity index (χ1v) is 9.61. The summed E-state index contributed by atoms with van der Waals surface area (Å²) in [5.74, 6) is 1.14. The van der Waals surface area contributed by atoms with Crippen LogP contribution in [-0.2, 0) is 4.79 Å². The maximum absolute atomic E-state index is 10.8. The number of unbranched alkanes of at least 4 members (excludes halogenated alkanes) is 4. The summed E-state index contributed by atoms with van der Waals surface area (Å²) in [5, 5.41) is 0. The van der Waals surface area contributed by atoms with Gasteiger partial charge in [-0.2, -0.15) is 0 Å². The molecule has 0 atom stereocenters. The van der Waals surface area contributed by atoms with Crippen LogP contribution >= 0.6 is 0 Å². The molecule has 21 heavy (non-hydrogen) atoms. The second kappa shape index (κ2) is 24.7. The van der Waals surface area contributed by atoms with Crippen molar-refractivity contribution >= 4 is 5.78 Å². The fourth-order valence-corrected chi connectivity index (χ4v) is 2.33. The highest BCUT2D eigenvalue weighted by Crippen LogP contribution is 2.19. The molecular weight excluding hydrogens is 256 g/mol. The monoisotopic (exact) mass is 300 g/mol. The van der Waals surface area contributed by atoms with Crippen LogP contribution in [0, 0.1) is 5.92 Å². The van der Waals surface area contributed by atoms with Crippen molar-refractivity contribution in [3.05, 3.63) is 0 Å². The highest BCUT2D eigenvalue weighted by molar-refractivity contribution is 5.75. The molecule has 0 heterocycles. The summed E-state index contributed by atoms with van der Waals surface area (Å²) in [6.45, 7) is 14.6. The molecule has 0 spiro atoms. The van der Waals surface area contributed by atoms with Crippen molar-refractivity contribution in [3.8, 4) is 0 Å². The molecule has 0 saturated heterocycles. The Labute approximate surface area is 136 Å². The van der Waals surface area contributed by atoms with E-state index in [1.807, 2.05) is 13.8 Å². The van der Waals surface area contributed by atoms with Gasteiger partial charge in [0.05, 0.1) is 0 Å². The Kier molecular flexibility index (Phi) is 30.1. The molecule has 0 fully saturated rings. The third-order valence-corrected chi connectivity index (χ3v) is 3.51. The SMILES string of the molecule is CC.CCCC(CCC)CCC(C)=O.CCCCCCC. The lowest BCUT2D eigenvalue weighted by Crippen LogP contribution is -2.02. The van der Waals surface area contributed by atoms with Crippen LogP contribution in [0.1, 0.15) is 119 Å². The Balaban J connectivity index is -0.000000307. The zero-order valence-corrected chi connectivity index (χ0v) is 16.3. The minimum absolute atomic E-state index is 0.340. The molecule has 0 radical (unpaired) electrons. The maximum atomic E-state index is 10.8. The van der Waals surface area contributed by atoms with Crippen molar-refractivity contribution in [2.24, 2.45) is 5.92 Å². The van der Waals surface area contributed by atoms with Gasteiger partial charge in [0.25, 0.3) is 0 Å². The Morgan fingerprint density at radius 1 is 0.714 bits per heavy atom. The van der Waals surface area contributed by atoms with Crippen molar-refractivity contribution < 1.29 is 4.79 Å². The predicted molar refractivity (Wildman–Crippen MR) is 99.0 cm³/mol. The van der Waals surface area contributed by atoms with E-state index in [9.17, 15) is 4.79 Å². The number of hydrogen-bond acceptors (Lipinski definition) is 1.